The van der Waals surface area contributed by atoms with Crippen LogP contribution in [-0.2, 0) is 33.2 Å². The van der Waals surface area contributed by atoms with Crippen molar-refractivity contribution >= 4 is 0 Å². The Kier molecular flexibility index (Phi) is 15.1. The molecule has 20 heteroatoms. The Labute approximate surface area is 408 Å². The molecular weight excluding hydrogens is 909 g/mol. The Hall–Kier alpha value is -0.800. The van der Waals surface area contributed by atoms with Crippen molar-refractivity contribution in [2.75, 3.05) is 72.7 Å². The van der Waals surface area contributed by atoms with Crippen LogP contribution >= 0.6 is 0 Å². The van der Waals surface area contributed by atoms with Crippen LogP contribution < -0.4 is 0 Å². The highest BCUT2D eigenvalue weighted by molar-refractivity contribution is 5.27. The van der Waals surface area contributed by atoms with E-state index in [2.05, 4.69) is 0 Å². The highest BCUT2D eigenvalue weighted by atomic mass is 16.6. The van der Waals surface area contributed by atoms with Crippen molar-refractivity contribution in [3.63, 3.8) is 0 Å². The molecule has 4 aliphatic heterocycles. The van der Waals surface area contributed by atoms with Crippen LogP contribution in [0.2, 0.25) is 0 Å². The fraction of sp³-hybridized carbons (Fsp3) is 1.00. The van der Waals surface area contributed by atoms with Gasteiger partial charge in [0.15, 0.2) is 0 Å². The summed E-state index contributed by atoms with van der Waals surface area (Å²) >= 11 is 0. The second-order valence-electron chi connectivity index (χ2n) is 25.2. The van der Waals surface area contributed by atoms with Gasteiger partial charge in [0.2, 0.25) is 0 Å². The van der Waals surface area contributed by atoms with Gasteiger partial charge >= 0.3 is 0 Å². The predicted molar refractivity (Wildman–Crippen MR) is 249 cm³/mol. The van der Waals surface area contributed by atoms with Gasteiger partial charge in [-0.1, -0.05) is 20.8 Å². The van der Waals surface area contributed by atoms with Gasteiger partial charge in [0, 0.05) is 0 Å². The minimum Gasteiger partial charge on any atom is -0.393 e. The fourth-order valence-corrected chi connectivity index (χ4v) is 12.0. The Morgan fingerprint density at radius 1 is 0.290 bits per heavy atom. The first kappa shape index (κ1) is 60.8. The summed E-state index contributed by atoms with van der Waals surface area (Å²) in [4.78, 5) is 0. The molecule has 8 unspecified atom stereocenters. The zero-order valence-corrected chi connectivity index (χ0v) is 44.9. The van der Waals surface area contributed by atoms with Crippen molar-refractivity contribution in [3.05, 3.63) is 0 Å². The third-order valence-electron chi connectivity index (χ3n) is 21.2. The van der Waals surface area contributed by atoms with Crippen molar-refractivity contribution in [3.8, 4) is 0 Å². The van der Waals surface area contributed by atoms with Gasteiger partial charge in [-0.2, -0.15) is 0 Å². The maximum absolute atomic E-state index is 12.8. The number of aliphatic hydroxyl groups excluding tert-OH is 4. The Balaban J connectivity index is 1.65. The van der Waals surface area contributed by atoms with Crippen LogP contribution in [-0.4, -0.2) is 229 Å². The van der Waals surface area contributed by atoms with E-state index in [1.165, 1.54) is 111 Å². The van der Waals surface area contributed by atoms with Crippen molar-refractivity contribution < 1.29 is 99.5 Å². The Morgan fingerprint density at radius 3 is 0.942 bits per heavy atom. The highest BCUT2D eigenvalue weighted by Crippen LogP contribution is 2.62. The minimum atomic E-state index is -2.28. The van der Waals surface area contributed by atoms with Gasteiger partial charge in [0.05, 0.1) is 100 Å². The van der Waals surface area contributed by atoms with Crippen LogP contribution in [0.5, 0.6) is 0 Å². The van der Waals surface area contributed by atoms with Crippen LogP contribution in [0, 0.1) is 16.2 Å². The molecule has 0 aromatic carbocycles. The first-order valence-corrected chi connectivity index (χ1v) is 23.9. The molecule has 0 saturated carbocycles. The van der Waals surface area contributed by atoms with Crippen molar-refractivity contribution in [1.82, 2.24) is 0 Å². The summed E-state index contributed by atoms with van der Waals surface area (Å²) in [6, 6.07) is 0. The van der Waals surface area contributed by atoms with Gasteiger partial charge in [-0.15, -0.1) is 0 Å². The summed E-state index contributed by atoms with van der Waals surface area (Å²) in [7, 11) is 0. The average Bonchev–Trinajstić information content (AvgIpc) is 3.22. The molecule has 4 saturated heterocycles. The maximum atomic E-state index is 12.8. The molecule has 4 rings (SSSR count). The summed E-state index contributed by atoms with van der Waals surface area (Å²) < 4.78 is 44.2. The first-order valence-electron chi connectivity index (χ1n) is 23.9. The molecule has 4 aliphatic rings. The number of hydrogen-bond acceptors (Lipinski definition) is 20. The summed E-state index contributed by atoms with van der Waals surface area (Å²) in [5.74, 6) is 0. The SMILES string of the molecule is CC1(O)[C@@](C)(COC[C@@]2(C)C(C)(O)[C@@](C)(COC[C@]3(C)C(C)(CO)O[C@](C)(COC[C@]4(C)C(C)(CO)OCC(C)(O)[C@]4(C)O)C(C)(O)[C@]3(C)O)OC(C)(CO)[C@@]2(C)O)OC(C)(CO)[C@@](C)(O)[C@@]1(C)O. The fourth-order valence-electron chi connectivity index (χ4n) is 12.0. The average molecular weight is 1000 g/mol. The van der Waals surface area contributed by atoms with E-state index in [9.17, 15) is 66.4 Å². The lowest BCUT2D eigenvalue weighted by Crippen LogP contribution is -2.85. The molecule has 0 bridgehead atoms. The molecule has 0 aromatic heterocycles. The van der Waals surface area contributed by atoms with E-state index >= 15 is 0 Å². The molecule has 0 radical (unpaired) electrons. The molecule has 0 spiro atoms. The molecular formula is C49H92O20. The molecule has 4 fully saturated rings. The summed E-state index contributed by atoms with van der Waals surface area (Å²) in [5.41, 5.74) is -36.0. The Bertz CT molecular complexity index is 1880. The largest absolute Gasteiger partial charge is 0.393 e. The van der Waals surface area contributed by atoms with Gasteiger partial charge in [-0.25, -0.2) is 0 Å². The highest BCUT2D eigenvalue weighted by Gasteiger charge is 2.78. The van der Waals surface area contributed by atoms with E-state index in [4.69, 9.17) is 33.2 Å². The lowest BCUT2D eigenvalue weighted by molar-refractivity contribution is -0.418. The summed E-state index contributed by atoms with van der Waals surface area (Å²) in [6.07, 6.45) is 0. The van der Waals surface area contributed by atoms with Crippen LogP contribution in [0.15, 0.2) is 0 Å². The Morgan fingerprint density at radius 2 is 0.565 bits per heavy atom. The lowest BCUT2D eigenvalue weighted by atomic mass is 9.52. The molecule has 408 valence electrons. The number of ether oxygens (including phenoxy) is 7. The second-order valence-corrected chi connectivity index (χ2v) is 25.2. The lowest BCUT2D eigenvalue weighted by Gasteiger charge is -2.69. The topological polar surface area (TPSA) is 328 Å². The monoisotopic (exact) mass is 1000 g/mol. The molecule has 69 heavy (non-hydrogen) atoms. The van der Waals surface area contributed by atoms with Gasteiger partial charge in [-0.05, 0) is 111 Å². The zero-order valence-electron chi connectivity index (χ0n) is 44.9. The maximum Gasteiger partial charge on any atom is 0.124 e. The zero-order chi connectivity index (χ0) is 54.2. The van der Waals surface area contributed by atoms with Crippen molar-refractivity contribution in [2.45, 2.75) is 221 Å². The van der Waals surface area contributed by atoms with E-state index in [0.29, 0.717) is 0 Å². The van der Waals surface area contributed by atoms with Crippen LogP contribution in [0.3, 0.4) is 0 Å². The van der Waals surface area contributed by atoms with Gasteiger partial charge in [0.25, 0.3) is 0 Å². The second kappa shape index (κ2) is 17.1. The van der Waals surface area contributed by atoms with Gasteiger partial charge in [0.1, 0.15) is 78.4 Å². The van der Waals surface area contributed by atoms with Gasteiger partial charge < -0.3 is 99.5 Å². The number of rotatable bonds is 16. The molecule has 20 nitrogen and oxygen atoms in total. The summed E-state index contributed by atoms with van der Waals surface area (Å²) in [5, 5.41) is 151. The van der Waals surface area contributed by atoms with E-state index in [-0.39, 0.29) is 13.2 Å². The minimum absolute atomic E-state index is 0.274. The normalized spacial score (nSPS) is 58.3. The van der Waals surface area contributed by atoms with E-state index in [1.54, 1.807) is 20.8 Å². The van der Waals surface area contributed by atoms with Crippen LogP contribution in [0.4, 0.5) is 0 Å². The molecule has 19 atom stereocenters. The third-order valence-corrected chi connectivity index (χ3v) is 21.2. The number of hydrogen-bond donors (Lipinski definition) is 13. The summed E-state index contributed by atoms with van der Waals surface area (Å²) in [6.45, 7) is 21.3. The molecule has 0 aliphatic carbocycles. The van der Waals surface area contributed by atoms with Gasteiger partial charge in [-0.3, -0.25) is 0 Å². The quantitative estimate of drug-likeness (QED) is 0.0902. The first-order chi connectivity index (χ1) is 30.4. The van der Waals surface area contributed by atoms with Crippen LogP contribution in [0.1, 0.15) is 132 Å². The molecule has 4 heterocycles. The van der Waals surface area contributed by atoms with E-state index < -0.39 is 165 Å². The third kappa shape index (κ3) is 7.50. The standard InChI is InChI=1S/C49H92O20/c1-31(35(5,20-50)66-27-34(4,54)42(31,12)55)24-63-29-40(10)47(17,60)45(15,58)32(2,36(6,21-51)67-40)25-64-28-39(9)44(14,57)33(3,43(13,56)37(7,22-52)68-39)26-65-30-41(11)48(18,61)49(19,62)46(16,59)38(8,23-53)69-41/h50-62H,20-30H2,1-19H3/t31-,32-,33-,34?,35?,36?,37?,38?,39-,40-,41-,42-,43+,44?,45-,46-,47?,48?,49-/m1/s1. The smallest absolute Gasteiger partial charge is 0.124 e. The van der Waals surface area contributed by atoms with E-state index in [0.717, 1.165) is 0 Å². The molecule has 0 amide bonds. The van der Waals surface area contributed by atoms with Crippen LogP contribution in [0.25, 0.3) is 0 Å². The van der Waals surface area contributed by atoms with E-state index in [1.807, 2.05) is 0 Å². The predicted octanol–water partition coefficient (Wildman–Crippen LogP) is -0.785. The molecule has 0 aromatic rings. The molecule has 13 N–H and O–H groups in total. The van der Waals surface area contributed by atoms with Crippen molar-refractivity contribution in [1.29, 1.82) is 0 Å². The van der Waals surface area contributed by atoms with Crippen molar-refractivity contribution in [2.24, 2.45) is 16.2 Å². The number of aliphatic hydroxyl groups is 13.